The summed E-state index contributed by atoms with van der Waals surface area (Å²) in [6, 6.07) is 2.43. The second-order valence-electron chi connectivity index (χ2n) is 4.63. The highest BCUT2D eigenvalue weighted by Crippen LogP contribution is 2.35. The predicted molar refractivity (Wildman–Crippen MR) is 77.8 cm³/mol. The largest absolute Gasteiger partial charge is 0.480 e. The molecule has 1 fully saturated rings. The molecule has 0 aliphatic heterocycles. The van der Waals surface area contributed by atoms with E-state index < -0.39 is 0 Å². The van der Waals surface area contributed by atoms with Crippen molar-refractivity contribution in [2.45, 2.75) is 18.9 Å². The molecule has 0 aromatic carbocycles. The molecule has 2 aromatic rings. The SMILES string of the molecule is COc1ncc(-c2nnc(Cl)cc2NC2CC2)c(OC)n1. The molecule has 2 aromatic heterocycles. The molecule has 0 spiro atoms. The van der Waals surface area contributed by atoms with Gasteiger partial charge in [0.05, 0.1) is 25.5 Å². The van der Waals surface area contributed by atoms with Gasteiger partial charge in [0.15, 0.2) is 5.15 Å². The molecule has 1 N–H and O–H groups in total. The quantitative estimate of drug-likeness (QED) is 0.906. The Hall–Kier alpha value is -2.15. The lowest BCUT2D eigenvalue weighted by Crippen LogP contribution is -2.06. The van der Waals surface area contributed by atoms with E-state index >= 15 is 0 Å². The first-order valence-corrected chi connectivity index (χ1v) is 6.84. The molecule has 0 bridgehead atoms. The number of nitrogens with zero attached hydrogens (tertiary/aromatic N) is 4. The first kappa shape index (κ1) is 13.8. The van der Waals surface area contributed by atoms with Gasteiger partial charge >= 0.3 is 6.01 Å². The van der Waals surface area contributed by atoms with Gasteiger partial charge in [0.25, 0.3) is 0 Å². The number of rotatable bonds is 5. The number of hydrogen-bond acceptors (Lipinski definition) is 7. The van der Waals surface area contributed by atoms with E-state index in [4.69, 9.17) is 21.1 Å². The number of methoxy groups -OCH3 is 2. The maximum atomic E-state index is 5.93. The third-order valence-electron chi connectivity index (χ3n) is 3.06. The summed E-state index contributed by atoms with van der Waals surface area (Å²) in [5.41, 5.74) is 2.03. The number of aromatic nitrogens is 4. The Labute approximate surface area is 126 Å². The van der Waals surface area contributed by atoms with E-state index in [1.54, 1.807) is 12.3 Å². The Kier molecular flexibility index (Phi) is 3.74. The summed E-state index contributed by atoms with van der Waals surface area (Å²) in [7, 11) is 3.03. The average Bonchev–Trinajstić information content (AvgIpc) is 3.31. The smallest absolute Gasteiger partial charge is 0.319 e. The summed E-state index contributed by atoms with van der Waals surface area (Å²) in [6.07, 6.45) is 3.87. The van der Waals surface area contributed by atoms with Crippen molar-refractivity contribution < 1.29 is 9.47 Å². The molecule has 2 heterocycles. The van der Waals surface area contributed by atoms with E-state index in [0.717, 1.165) is 18.5 Å². The van der Waals surface area contributed by atoms with Crippen LogP contribution in [0.25, 0.3) is 11.3 Å². The van der Waals surface area contributed by atoms with E-state index in [1.807, 2.05) is 0 Å². The van der Waals surface area contributed by atoms with Crippen molar-refractivity contribution in [3.8, 4) is 23.1 Å². The molecule has 21 heavy (non-hydrogen) atoms. The molecule has 0 amide bonds. The van der Waals surface area contributed by atoms with Gasteiger partial charge in [-0.05, 0) is 12.8 Å². The van der Waals surface area contributed by atoms with E-state index in [-0.39, 0.29) is 6.01 Å². The van der Waals surface area contributed by atoms with E-state index in [9.17, 15) is 0 Å². The fourth-order valence-electron chi connectivity index (χ4n) is 1.89. The van der Waals surface area contributed by atoms with Crippen LogP contribution in [0.3, 0.4) is 0 Å². The Morgan fingerprint density at radius 3 is 2.71 bits per heavy atom. The summed E-state index contributed by atoms with van der Waals surface area (Å²) in [4.78, 5) is 8.26. The van der Waals surface area contributed by atoms with Crippen molar-refractivity contribution in [3.05, 3.63) is 17.4 Å². The summed E-state index contributed by atoms with van der Waals surface area (Å²) >= 11 is 5.93. The lowest BCUT2D eigenvalue weighted by molar-refractivity contribution is 0.353. The van der Waals surface area contributed by atoms with Gasteiger partial charge in [0, 0.05) is 18.3 Å². The van der Waals surface area contributed by atoms with Gasteiger partial charge in [-0.25, -0.2) is 4.98 Å². The summed E-state index contributed by atoms with van der Waals surface area (Å²) in [5.74, 6) is 0.373. The molecule has 110 valence electrons. The van der Waals surface area contributed by atoms with Gasteiger partial charge in [0.1, 0.15) is 5.69 Å². The van der Waals surface area contributed by atoms with Crippen LogP contribution < -0.4 is 14.8 Å². The van der Waals surface area contributed by atoms with Gasteiger partial charge in [-0.1, -0.05) is 11.6 Å². The second-order valence-corrected chi connectivity index (χ2v) is 5.01. The van der Waals surface area contributed by atoms with Gasteiger partial charge in [-0.15, -0.1) is 10.2 Å². The van der Waals surface area contributed by atoms with Crippen LogP contribution in [0.1, 0.15) is 12.8 Å². The first-order chi connectivity index (χ1) is 10.2. The predicted octanol–water partition coefficient (Wildman–Crippen LogP) is 2.18. The molecule has 1 aliphatic carbocycles. The van der Waals surface area contributed by atoms with Crippen LogP contribution in [0, 0.1) is 0 Å². The minimum absolute atomic E-state index is 0.231. The summed E-state index contributed by atoms with van der Waals surface area (Å²) < 4.78 is 10.3. The van der Waals surface area contributed by atoms with Crippen molar-refractivity contribution in [3.63, 3.8) is 0 Å². The highest BCUT2D eigenvalue weighted by atomic mass is 35.5. The number of anilines is 1. The van der Waals surface area contributed by atoms with E-state index in [0.29, 0.717) is 28.3 Å². The normalized spacial score (nSPS) is 13.9. The molecule has 8 heteroatoms. The third kappa shape index (κ3) is 2.97. The standard InChI is InChI=1S/C13H14ClN5O2/c1-20-12-8(6-15-13(17-12)21-2)11-9(16-7-3-4-7)5-10(14)18-19-11/h5-7H,3-4H2,1-2H3,(H,16,18). The van der Waals surface area contributed by atoms with Crippen LogP contribution in [0.2, 0.25) is 5.15 Å². The molecule has 0 unspecified atom stereocenters. The number of halogens is 1. The summed E-state index contributed by atoms with van der Waals surface area (Å²) in [5, 5.41) is 11.7. The van der Waals surface area contributed by atoms with Crippen molar-refractivity contribution in [2.24, 2.45) is 0 Å². The van der Waals surface area contributed by atoms with Crippen molar-refractivity contribution in [2.75, 3.05) is 19.5 Å². The fourth-order valence-corrected chi connectivity index (χ4v) is 2.04. The fraction of sp³-hybridized carbons (Fsp3) is 0.385. The van der Waals surface area contributed by atoms with Crippen LogP contribution in [-0.2, 0) is 0 Å². The Balaban J connectivity index is 2.06. The molecule has 0 radical (unpaired) electrons. The number of hydrogen-bond donors (Lipinski definition) is 1. The number of ether oxygens (including phenoxy) is 2. The van der Waals surface area contributed by atoms with Crippen LogP contribution in [0.4, 0.5) is 5.69 Å². The lowest BCUT2D eigenvalue weighted by Gasteiger charge is -2.12. The molecule has 0 atom stereocenters. The molecule has 0 saturated heterocycles. The second kappa shape index (κ2) is 5.69. The average molecular weight is 308 g/mol. The van der Waals surface area contributed by atoms with Gasteiger partial charge in [0.2, 0.25) is 5.88 Å². The van der Waals surface area contributed by atoms with Crippen LogP contribution in [0.15, 0.2) is 12.3 Å². The summed E-state index contributed by atoms with van der Waals surface area (Å²) in [6.45, 7) is 0. The molecule has 1 aliphatic rings. The lowest BCUT2D eigenvalue weighted by atomic mass is 10.2. The first-order valence-electron chi connectivity index (χ1n) is 6.46. The molecule has 1 saturated carbocycles. The van der Waals surface area contributed by atoms with Gasteiger partial charge in [-0.2, -0.15) is 4.98 Å². The maximum Gasteiger partial charge on any atom is 0.319 e. The van der Waals surface area contributed by atoms with Crippen molar-refractivity contribution in [1.82, 2.24) is 20.2 Å². The van der Waals surface area contributed by atoms with E-state index in [1.165, 1.54) is 14.2 Å². The van der Waals surface area contributed by atoms with Gasteiger partial charge in [-0.3, -0.25) is 0 Å². The zero-order valence-electron chi connectivity index (χ0n) is 11.6. The molecular weight excluding hydrogens is 294 g/mol. The topological polar surface area (TPSA) is 82.1 Å². The Morgan fingerprint density at radius 2 is 2.05 bits per heavy atom. The molecule has 3 rings (SSSR count). The minimum Gasteiger partial charge on any atom is -0.480 e. The third-order valence-corrected chi connectivity index (χ3v) is 3.25. The Bertz CT molecular complexity index is 663. The molecular formula is C13H14ClN5O2. The minimum atomic E-state index is 0.231. The molecule has 7 nitrogen and oxygen atoms in total. The van der Waals surface area contributed by atoms with Gasteiger partial charge < -0.3 is 14.8 Å². The van der Waals surface area contributed by atoms with E-state index in [2.05, 4.69) is 25.5 Å². The highest BCUT2D eigenvalue weighted by molar-refractivity contribution is 6.29. The Morgan fingerprint density at radius 1 is 1.24 bits per heavy atom. The zero-order chi connectivity index (χ0) is 14.8. The highest BCUT2D eigenvalue weighted by Gasteiger charge is 2.24. The van der Waals surface area contributed by atoms with Crippen molar-refractivity contribution >= 4 is 17.3 Å². The van der Waals surface area contributed by atoms with Crippen LogP contribution in [-0.4, -0.2) is 40.4 Å². The van der Waals surface area contributed by atoms with Crippen LogP contribution in [0.5, 0.6) is 11.9 Å². The maximum absolute atomic E-state index is 5.93. The monoisotopic (exact) mass is 307 g/mol. The van der Waals surface area contributed by atoms with Crippen molar-refractivity contribution in [1.29, 1.82) is 0 Å². The van der Waals surface area contributed by atoms with Crippen LogP contribution >= 0.6 is 11.6 Å². The zero-order valence-corrected chi connectivity index (χ0v) is 12.4. The number of nitrogens with one attached hydrogen (secondary N) is 1.